The zero-order valence-corrected chi connectivity index (χ0v) is 18.0. The fraction of sp³-hybridized carbons (Fsp3) is 0.227. The lowest BCUT2D eigenvalue weighted by Crippen LogP contribution is -2.28. The van der Waals surface area contributed by atoms with Gasteiger partial charge in [0.05, 0.1) is 40.5 Å². The molecular weight excluding hydrogens is 423 g/mol. The summed E-state index contributed by atoms with van der Waals surface area (Å²) in [5, 5.41) is 15.4. The van der Waals surface area contributed by atoms with E-state index in [-0.39, 0.29) is 18.1 Å². The standard InChI is InChI=1S/C22H19FN2O3S2/c1-3-28-22(27)19-13(2)25-21(16(11-24)20(19)18-5-4-10-29-18)30-12-17(26)14-6-8-15(23)9-7-14/h4-10,20,25H,3,12H2,1-2H3/t20-/m0/s1. The highest BCUT2D eigenvalue weighted by molar-refractivity contribution is 8.03. The molecule has 2 heterocycles. The van der Waals surface area contributed by atoms with Gasteiger partial charge in [-0.25, -0.2) is 9.18 Å². The number of esters is 1. The summed E-state index contributed by atoms with van der Waals surface area (Å²) in [6, 6.07) is 11.3. The third-order valence-corrected chi connectivity index (χ3v) is 6.44. The van der Waals surface area contributed by atoms with Crippen molar-refractivity contribution in [3.8, 4) is 6.07 Å². The maximum Gasteiger partial charge on any atom is 0.336 e. The second kappa shape index (κ2) is 9.74. The minimum absolute atomic E-state index is 0.0678. The van der Waals surface area contributed by atoms with Crippen LogP contribution in [0.3, 0.4) is 0 Å². The summed E-state index contributed by atoms with van der Waals surface area (Å²) in [7, 11) is 0. The number of thioether (sulfide) groups is 1. The first kappa shape index (κ1) is 21.8. The fourth-order valence-corrected chi connectivity index (χ4v) is 4.93. The Balaban J connectivity index is 1.91. The molecule has 2 aromatic rings. The molecule has 0 amide bonds. The number of benzene rings is 1. The smallest absolute Gasteiger partial charge is 0.336 e. The minimum Gasteiger partial charge on any atom is -0.463 e. The van der Waals surface area contributed by atoms with E-state index in [2.05, 4.69) is 11.4 Å². The molecule has 5 nitrogen and oxygen atoms in total. The number of nitriles is 1. The molecule has 1 N–H and O–H groups in total. The molecule has 1 aliphatic heterocycles. The number of hydrogen-bond donors (Lipinski definition) is 1. The Morgan fingerprint density at radius 2 is 2.03 bits per heavy atom. The summed E-state index contributed by atoms with van der Waals surface area (Å²) in [6.45, 7) is 3.71. The van der Waals surface area contributed by atoms with Crippen LogP contribution >= 0.6 is 23.1 Å². The van der Waals surface area contributed by atoms with Gasteiger partial charge >= 0.3 is 5.97 Å². The van der Waals surface area contributed by atoms with Gasteiger partial charge in [0.2, 0.25) is 0 Å². The lowest BCUT2D eigenvalue weighted by atomic mass is 9.87. The van der Waals surface area contributed by atoms with Crippen LogP contribution < -0.4 is 5.32 Å². The Bertz CT molecular complexity index is 1050. The van der Waals surface area contributed by atoms with Crippen molar-refractivity contribution in [1.82, 2.24) is 5.32 Å². The molecule has 0 saturated carbocycles. The first-order chi connectivity index (χ1) is 14.5. The number of halogens is 1. The van der Waals surface area contributed by atoms with Gasteiger partial charge in [-0.2, -0.15) is 5.26 Å². The molecule has 3 rings (SSSR count). The predicted octanol–water partition coefficient (Wildman–Crippen LogP) is 4.76. The van der Waals surface area contributed by atoms with E-state index in [4.69, 9.17) is 4.74 Å². The molecule has 0 aliphatic carbocycles. The molecule has 0 spiro atoms. The Kier molecular flexibility index (Phi) is 7.08. The number of ketones is 1. The van der Waals surface area contributed by atoms with E-state index in [0.717, 1.165) is 4.88 Å². The van der Waals surface area contributed by atoms with Gasteiger partial charge in [-0.05, 0) is 49.6 Å². The zero-order chi connectivity index (χ0) is 21.7. The van der Waals surface area contributed by atoms with Crippen molar-refractivity contribution in [2.24, 2.45) is 0 Å². The van der Waals surface area contributed by atoms with Crippen LogP contribution in [0.15, 0.2) is 63.7 Å². The number of dihydropyridines is 1. The van der Waals surface area contributed by atoms with Gasteiger partial charge in [0.1, 0.15) is 5.82 Å². The van der Waals surface area contributed by atoms with Crippen molar-refractivity contribution in [1.29, 1.82) is 5.26 Å². The zero-order valence-electron chi connectivity index (χ0n) is 16.4. The summed E-state index contributed by atoms with van der Waals surface area (Å²) in [4.78, 5) is 26.0. The van der Waals surface area contributed by atoms with Crippen molar-refractivity contribution >= 4 is 34.9 Å². The number of rotatable bonds is 7. The molecule has 0 radical (unpaired) electrons. The number of carbonyl (C=O) groups is 2. The van der Waals surface area contributed by atoms with E-state index >= 15 is 0 Å². The van der Waals surface area contributed by atoms with Gasteiger partial charge in [0.15, 0.2) is 5.78 Å². The molecule has 30 heavy (non-hydrogen) atoms. The van der Waals surface area contributed by atoms with E-state index in [1.807, 2.05) is 17.5 Å². The third-order valence-electron chi connectivity index (χ3n) is 4.48. The Hall–Kier alpha value is -2.89. The highest BCUT2D eigenvalue weighted by atomic mass is 32.2. The molecule has 154 valence electrons. The summed E-state index contributed by atoms with van der Waals surface area (Å²) < 4.78 is 18.3. The van der Waals surface area contributed by atoms with Gasteiger partial charge in [0.25, 0.3) is 0 Å². The van der Waals surface area contributed by atoms with E-state index in [1.165, 1.54) is 47.4 Å². The fourth-order valence-electron chi connectivity index (χ4n) is 3.10. The Labute approximate surface area is 182 Å². The number of carbonyl (C=O) groups excluding carboxylic acids is 2. The summed E-state index contributed by atoms with van der Waals surface area (Å²) >= 11 is 2.64. The normalized spacial score (nSPS) is 16.1. The quantitative estimate of drug-likeness (QED) is 0.492. The first-order valence-electron chi connectivity index (χ1n) is 9.20. The van der Waals surface area contributed by atoms with Crippen LogP contribution in [0.25, 0.3) is 0 Å². The predicted molar refractivity (Wildman–Crippen MR) is 115 cm³/mol. The molecule has 1 aliphatic rings. The van der Waals surface area contributed by atoms with E-state index in [0.29, 0.717) is 27.4 Å². The topological polar surface area (TPSA) is 79.2 Å². The van der Waals surface area contributed by atoms with Gasteiger partial charge < -0.3 is 10.1 Å². The highest BCUT2D eigenvalue weighted by Gasteiger charge is 2.36. The van der Waals surface area contributed by atoms with E-state index < -0.39 is 17.7 Å². The van der Waals surface area contributed by atoms with Crippen molar-refractivity contribution in [2.45, 2.75) is 19.8 Å². The monoisotopic (exact) mass is 442 g/mol. The number of ether oxygens (including phenoxy) is 1. The van der Waals surface area contributed by atoms with Crippen LogP contribution in [0.4, 0.5) is 4.39 Å². The second-order valence-corrected chi connectivity index (χ2v) is 8.37. The molecular formula is C22H19FN2O3S2. The lowest BCUT2D eigenvalue weighted by molar-refractivity contribution is -0.138. The molecule has 0 unspecified atom stereocenters. The average molecular weight is 443 g/mol. The van der Waals surface area contributed by atoms with Crippen molar-refractivity contribution in [3.05, 3.63) is 79.9 Å². The molecule has 8 heteroatoms. The van der Waals surface area contributed by atoms with Crippen LogP contribution in [0.1, 0.15) is 35.0 Å². The Morgan fingerprint density at radius 3 is 2.63 bits per heavy atom. The molecule has 0 saturated heterocycles. The van der Waals surface area contributed by atoms with Gasteiger partial charge in [-0.1, -0.05) is 17.8 Å². The van der Waals surface area contributed by atoms with Crippen molar-refractivity contribution in [3.63, 3.8) is 0 Å². The van der Waals surface area contributed by atoms with Crippen molar-refractivity contribution < 1.29 is 18.7 Å². The van der Waals surface area contributed by atoms with Crippen LogP contribution in [0.2, 0.25) is 0 Å². The maximum absolute atomic E-state index is 13.1. The summed E-state index contributed by atoms with van der Waals surface area (Å²) in [5.74, 6) is -1.55. The minimum atomic E-state index is -0.557. The number of nitrogens with one attached hydrogen (secondary N) is 1. The summed E-state index contributed by atoms with van der Waals surface area (Å²) in [6.07, 6.45) is 0. The number of nitrogens with zero attached hydrogens (tertiary/aromatic N) is 1. The molecule has 1 aromatic heterocycles. The van der Waals surface area contributed by atoms with Gasteiger partial charge in [-0.3, -0.25) is 4.79 Å². The van der Waals surface area contributed by atoms with Crippen LogP contribution in [-0.2, 0) is 9.53 Å². The maximum atomic E-state index is 13.1. The lowest BCUT2D eigenvalue weighted by Gasteiger charge is -2.28. The number of allylic oxidation sites excluding steroid dienone is 2. The van der Waals surface area contributed by atoms with Gasteiger partial charge in [-0.15, -0.1) is 11.3 Å². The molecule has 1 aromatic carbocycles. The SMILES string of the molecule is CCOC(=O)C1=C(C)NC(SCC(=O)c2ccc(F)cc2)=C(C#N)[C@H]1c1cccs1. The van der Waals surface area contributed by atoms with Crippen LogP contribution in [-0.4, -0.2) is 24.1 Å². The number of hydrogen-bond acceptors (Lipinski definition) is 7. The molecule has 0 bridgehead atoms. The molecule has 0 fully saturated rings. The van der Waals surface area contributed by atoms with Crippen molar-refractivity contribution in [2.75, 3.05) is 12.4 Å². The summed E-state index contributed by atoms with van der Waals surface area (Å²) in [5.41, 5.74) is 1.74. The Morgan fingerprint density at radius 1 is 1.30 bits per heavy atom. The largest absolute Gasteiger partial charge is 0.463 e. The molecule has 1 atom stereocenters. The van der Waals surface area contributed by atoms with Crippen LogP contribution in [0.5, 0.6) is 0 Å². The van der Waals surface area contributed by atoms with Gasteiger partial charge in [0, 0.05) is 16.1 Å². The van der Waals surface area contributed by atoms with E-state index in [9.17, 15) is 19.2 Å². The third kappa shape index (κ3) is 4.64. The van der Waals surface area contributed by atoms with E-state index in [1.54, 1.807) is 13.8 Å². The highest BCUT2D eigenvalue weighted by Crippen LogP contribution is 2.42. The second-order valence-electron chi connectivity index (χ2n) is 6.41. The first-order valence-corrected chi connectivity index (χ1v) is 11.1. The number of Topliss-reactive ketones (excluding diaryl/α,β-unsaturated/α-hetero) is 1. The number of thiophene rings is 1. The average Bonchev–Trinajstić information content (AvgIpc) is 3.26. The van der Waals surface area contributed by atoms with Crippen LogP contribution in [0, 0.1) is 17.1 Å².